The minimum absolute atomic E-state index is 0.0384. The van der Waals surface area contributed by atoms with Gasteiger partial charge >= 0.3 is 0 Å². The lowest BCUT2D eigenvalue weighted by Crippen LogP contribution is -2.60. The lowest BCUT2D eigenvalue weighted by molar-refractivity contribution is -0.138. The highest BCUT2D eigenvalue weighted by molar-refractivity contribution is 6.01. The van der Waals surface area contributed by atoms with Gasteiger partial charge in [0.1, 0.15) is 6.54 Å². The second-order valence-electron chi connectivity index (χ2n) is 7.46. The zero-order chi connectivity index (χ0) is 20.9. The lowest BCUT2D eigenvalue weighted by Gasteiger charge is -2.41. The summed E-state index contributed by atoms with van der Waals surface area (Å²) in [5.41, 5.74) is 9.69. The van der Waals surface area contributed by atoms with Crippen molar-refractivity contribution in [2.75, 3.05) is 24.5 Å². The summed E-state index contributed by atoms with van der Waals surface area (Å²) in [7, 11) is 0. The maximum Gasteiger partial charge on any atom is 0.246 e. The van der Waals surface area contributed by atoms with E-state index in [0.29, 0.717) is 13.0 Å². The van der Waals surface area contributed by atoms with E-state index in [4.69, 9.17) is 5.73 Å². The average molecular weight is 399 g/mol. The molecule has 5 heteroatoms. The van der Waals surface area contributed by atoms with Crippen molar-refractivity contribution in [3.63, 3.8) is 0 Å². The smallest absolute Gasteiger partial charge is 0.246 e. The number of carbonyl (C=O) groups is 2. The van der Waals surface area contributed by atoms with Gasteiger partial charge < -0.3 is 15.5 Å². The maximum absolute atomic E-state index is 13.1. The number of piperazine rings is 1. The van der Waals surface area contributed by atoms with Crippen LogP contribution >= 0.6 is 0 Å². The molecule has 3 aromatic carbocycles. The lowest BCUT2D eigenvalue weighted by atomic mass is 9.98. The highest BCUT2D eigenvalue weighted by atomic mass is 16.2. The number of benzene rings is 3. The summed E-state index contributed by atoms with van der Waals surface area (Å²) in [5.74, 6) is -0.287. The first-order valence-electron chi connectivity index (χ1n) is 10.2. The Morgan fingerprint density at radius 3 is 2.23 bits per heavy atom. The van der Waals surface area contributed by atoms with Gasteiger partial charge in [-0.1, -0.05) is 78.9 Å². The van der Waals surface area contributed by atoms with Gasteiger partial charge in [-0.3, -0.25) is 9.59 Å². The monoisotopic (exact) mass is 399 g/mol. The normalized spacial score (nSPS) is 16.6. The Bertz CT molecular complexity index is 1020. The molecule has 152 valence electrons. The van der Waals surface area contributed by atoms with E-state index in [9.17, 15) is 9.59 Å². The minimum atomic E-state index is -0.194. The zero-order valence-electron chi connectivity index (χ0n) is 16.8. The van der Waals surface area contributed by atoms with Crippen molar-refractivity contribution in [1.29, 1.82) is 0 Å². The number of amides is 2. The Labute approximate surface area is 176 Å². The number of hydrogen-bond acceptors (Lipinski definition) is 3. The van der Waals surface area contributed by atoms with Gasteiger partial charge in [-0.25, -0.2) is 0 Å². The molecule has 2 N–H and O–H groups in total. The number of carbonyl (C=O) groups excluding carboxylic acids is 2. The van der Waals surface area contributed by atoms with Gasteiger partial charge in [0.05, 0.1) is 18.3 Å². The van der Waals surface area contributed by atoms with Gasteiger partial charge in [0.25, 0.3) is 0 Å². The number of nitrogens with two attached hydrogens (primary N) is 1. The first kappa shape index (κ1) is 19.9. The predicted octanol–water partition coefficient (Wildman–Crippen LogP) is 3.10. The second-order valence-corrected chi connectivity index (χ2v) is 7.46. The van der Waals surface area contributed by atoms with Gasteiger partial charge in [-0.2, -0.15) is 0 Å². The highest BCUT2D eigenvalue weighted by Gasteiger charge is 2.35. The van der Waals surface area contributed by atoms with E-state index in [1.165, 1.54) is 0 Å². The average Bonchev–Trinajstić information content (AvgIpc) is 2.81. The number of rotatable bonds is 5. The fourth-order valence-electron chi connectivity index (χ4n) is 4.04. The third-order valence-electron chi connectivity index (χ3n) is 5.53. The molecular weight excluding hydrogens is 374 g/mol. The molecule has 1 aliphatic rings. The third kappa shape index (κ3) is 4.11. The molecule has 0 radical (unpaired) electrons. The highest BCUT2D eigenvalue weighted by Crippen LogP contribution is 2.32. The van der Waals surface area contributed by atoms with Gasteiger partial charge in [-0.05, 0) is 23.6 Å². The fraction of sp³-hybridized carbons (Fsp3) is 0.200. The van der Waals surface area contributed by atoms with Crippen molar-refractivity contribution in [2.24, 2.45) is 5.73 Å². The third-order valence-corrected chi connectivity index (χ3v) is 5.53. The molecule has 4 rings (SSSR count). The molecule has 2 amide bonds. The SMILES string of the molecule is NCC(=O)N1CC(=O)N(c2ccccc2-c2ccccc2)C[C@@H]1Cc1ccccc1. The number of para-hydroxylation sites is 1. The van der Waals surface area contributed by atoms with Crippen molar-refractivity contribution in [3.8, 4) is 11.1 Å². The van der Waals surface area contributed by atoms with Crippen LogP contribution in [0.25, 0.3) is 11.1 Å². The van der Waals surface area contributed by atoms with Crippen LogP contribution in [-0.2, 0) is 16.0 Å². The summed E-state index contributed by atoms with van der Waals surface area (Å²) in [4.78, 5) is 29.0. The number of nitrogens with zero attached hydrogens (tertiary/aromatic N) is 2. The Hall–Kier alpha value is -3.44. The van der Waals surface area contributed by atoms with Crippen molar-refractivity contribution in [2.45, 2.75) is 12.5 Å². The van der Waals surface area contributed by atoms with E-state index in [0.717, 1.165) is 22.4 Å². The standard InChI is InChI=1S/C25H25N3O2/c26-16-24(29)27-18-25(30)28(17-21(27)15-19-9-3-1-4-10-19)23-14-8-7-13-22(23)20-11-5-2-6-12-20/h1-14,21H,15-18,26H2/t21-/m0/s1. The van der Waals surface area contributed by atoms with Crippen LogP contribution in [0.5, 0.6) is 0 Å². The minimum Gasteiger partial charge on any atom is -0.327 e. The summed E-state index contributed by atoms with van der Waals surface area (Å²) >= 11 is 0. The van der Waals surface area contributed by atoms with E-state index < -0.39 is 0 Å². The molecule has 0 spiro atoms. The van der Waals surface area contributed by atoms with Gasteiger partial charge in [0, 0.05) is 12.1 Å². The van der Waals surface area contributed by atoms with E-state index in [-0.39, 0.29) is 30.9 Å². The molecule has 1 fully saturated rings. The van der Waals surface area contributed by atoms with Gasteiger partial charge in [0.15, 0.2) is 0 Å². The molecule has 30 heavy (non-hydrogen) atoms. The molecule has 0 bridgehead atoms. The molecule has 5 nitrogen and oxygen atoms in total. The summed E-state index contributed by atoms with van der Waals surface area (Å²) in [6, 6.07) is 27.9. The van der Waals surface area contributed by atoms with Crippen molar-refractivity contribution in [3.05, 3.63) is 90.5 Å². The molecule has 0 unspecified atom stereocenters. The Morgan fingerprint density at radius 1 is 0.900 bits per heavy atom. The summed E-state index contributed by atoms with van der Waals surface area (Å²) < 4.78 is 0. The van der Waals surface area contributed by atoms with Crippen LogP contribution in [-0.4, -0.2) is 42.4 Å². The van der Waals surface area contributed by atoms with E-state index in [1.54, 1.807) is 4.90 Å². The number of anilines is 1. The van der Waals surface area contributed by atoms with Crippen LogP contribution in [0, 0.1) is 0 Å². The van der Waals surface area contributed by atoms with Crippen molar-refractivity contribution in [1.82, 2.24) is 4.90 Å². The molecule has 0 aromatic heterocycles. The Kier molecular flexibility index (Phi) is 5.91. The van der Waals surface area contributed by atoms with Crippen LogP contribution < -0.4 is 10.6 Å². The van der Waals surface area contributed by atoms with Crippen molar-refractivity contribution < 1.29 is 9.59 Å². The molecule has 1 saturated heterocycles. The Balaban J connectivity index is 1.68. The second kappa shape index (κ2) is 8.93. The molecular formula is C25H25N3O2. The zero-order valence-corrected chi connectivity index (χ0v) is 16.8. The van der Waals surface area contributed by atoms with Gasteiger partial charge in [-0.15, -0.1) is 0 Å². The predicted molar refractivity (Wildman–Crippen MR) is 119 cm³/mol. The molecule has 1 heterocycles. The quantitative estimate of drug-likeness (QED) is 0.717. The van der Waals surface area contributed by atoms with Crippen LogP contribution in [0.3, 0.4) is 0 Å². The first-order chi connectivity index (χ1) is 14.7. The molecule has 1 aliphatic heterocycles. The van der Waals surface area contributed by atoms with Crippen LogP contribution in [0.1, 0.15) is 5.56 Å². The summed E-state index contributed by atoms with van der Waals surface area (Å²) in [6.07, 6.45) is 0.670. The fourth-order valence-corrected chi connectivity index (χ4v) is 4.04. The topological polar surface area (TPSA) is 66.6 Å². The molecule has 3 aromatic rings. The summed E-state index contributed by atoms with van der Waals surface area (Å²) in [6.45, 7) is 0.374. The van der Waals surface area contributed by atoms with Crippen molar-refractivity contribution >= 4 is 17.5 Å². The first-order valence-corrected chi connectivity index (χ1v) is 10.2. The molecule has 0 aliphatic carbocycles. The van der Waals surface area contributed by atoms with E-state index >= 15 is 0 Å². The summed E-state index contributed by atoms with van der Waals surface area (Å²) in [5, 5.41) is 0. The van der Waals surface area contributed by atoms with Crippen LogP contribution in [0.15, 0.2) is 84.9 Å². The van der Waals surface area contributed by atoms with Crippen LogP contribution in [0.4, 0.5) is 5.69 Å². The van der Waals surface area contributed by atoms with Crippen LogP contribution in [0.2, 0.25) is 0 Å². The largest absolute Gasteiger partial charge is 0.327 e. The number of hydrogen-bond donors (Lipinski definition) is 1. The van der Waals surface area contributed by atoms with Gasteiger partial charge in [0.2, 0.25) is 11.8 Å². The van der Waals surface area contributed by atoms with E-state index in [2.05, 4.69) is 0 Å². The Morgan fingerprint density at radius 2 is 1.53 bits per heavy atom. The maximum atomic E-state index is 13.1. The molecule has 1 atom stereocenters. The molecule has 0 saturated carbocycles. The van der Waals surface area contributed by atoms with E-state index in [1.807, 2.05) is 89.8 Å².